The van der Waals surface area contributed by atoms with Gasteiger partial charge in [0.2, 0.25) is 0 Å². The number of benzene rings is 1. The molecule has 0 radical (unpaired) electrons. The summed E-state index contributed by atoms with van der Waals surface area (Å²) < 4.78 is 13.2. The van der Waals surface area contributed by atoms with Gasteiger partial charge < -0.3 is 5.32 Å². The molecule has 0 saturated carbocycles. The van der Waals surface area contributed by atoms with Gasteiger partial charge >= 0.3 is 0 Å². The number of aromatic nitrogens is 1. The van der Waals surface area contributed by atoms with Gasteiger partial charge in [-0.1, -0.05) is 19.1 Å². The molecule has 17 heavy (non-hydrogen) atoms. The van der Waals surface area contributed by atoms with Crippen LogP contribution in [0.4, 0.5) is 4.39 Å². The number of aryl methyl sites for hydroxylation is 1. The van der Waals surface area contributed by atoms with Gasteiger partial charge in [-0.2, -0.15) is 0 Å². The third-order valence-electron chi connectivity index (χ3n) is 2.45. The zero-order chi connectivity index (χ0) is 12.3. The predicted molar refractivity (Wildman–Crippen MR) is 69.6 cm³/mol. The van der Waals surface area contributed by atoms with E-state index in [0.717, 1.165) is 34.2 Å². The van der Waals surface area contributed by atoms with Crippen molar-refractivity contribution < 1.29 is 4.39 Å². The predicted octanol–water partition coefficient (Wildman–Crippen LogP) is 3.37. The molecule has 0 aliphatic rings. The highest BCUT2D eigenvalue weighted by Gasteiger charge is 2.09. The summed E-state index contributed by atoms with van der Waals surface area (Å²) in [6, 6.07) is 6.66. The van der Waals surface area contributed by atoms with Crippen molar-refractivity contribution in [3.8, 4) is 10.4 Å². The minimum absolute atomic E-state index is 0.205. The summed E-state index contributed by atoms with van der Waals surface area (Å²) in [4.78, 5) is 5.54. The first kappa shape index (κ1) is 12.2. The second-order valence-corrected chi connectivity index (χ2v) is 4.90. The molecule has 4 heteroatoms. The molecular formula is C13H15FN2S. The Labute approximate surface area is 105 Å². The van der Waals surface area contributed by atoms with E-state index in [4.69, 9.17) is 0 Å². The molecule has 0 fully saturated rings. The molecule has 0 spiro atoms. The Morgan fingerprint density at radius 3 is 2.94 bits per heavy atom. The number of hydrogen-bond acceptors (Lipinski definition) is 3. The van der Waals surface area contributed by atoms with Crippen molar-refractivity contribution in [3.63, 3.8) is 0 Å². The SMILES string of the molecule is CCNCc1nc(C)c(-c2cccc(F)c2)s1. The van der Waals surface area contributed by atoms with Crippen molar-refractivity contribution in [3.05, 3.63) is 40.8 Å². The fourth-order valence-corrected chi connectivity index (χ4v) is 2.69. The Kier molecular flexibility index (Phi) is 3.86. The molecule has 0 saturated heterocycles. The Balaban J connectivity index is 2.29. The van der Waals surface area contributed by atoms with Crippen LogP contribution in [0.15, 0.2) is 24.3 Å². The minimum atomic E-state index is -0.205. The quantitative estimate of drug-likeness (QED) is 0.900. The van der Waals surface area contributed by atoms with Crippen LogP contribution in [0.1, 0.15) is 17.6 Å². The second-order valence-electron chi connectivity index (χ2n) is 3.81. The van der Waals surface area contributed by atoms with Gasteiger partial charge in [-0.3, -0.25) is 0 Å². The first-order valence-electron chi connectivity index (χ1n) is 5.63. The van der Waals surface area contributed by atoms with E-state index in [1.807, 2.05) is 13.0 Å². The molecule has 0 atom stereocenters. The molecule has 2 rings (SSSR count). The van der Waals surface area contributed by atoms with E-state index < -0.39 is 0 Å². The maximum atomic E-state index is 13.2. The fraction of sp³-hybridized carbons (Fsp3) is 0.308. The average molecular weight is 250 g/mol. The first-order chi connectivity index (χ1) is 8.20. The number of hydrogen-bond donors (Lipinski definition) is 1. The lowest BCUT2D eigenvalue weighted by atomic mass is 10.1. The lowest BCUT2D eigenvalue weighted by Crippen LogP contribution is -2.11. The smallest absolute Gasteiger partial charge is 0.123 e. The van der Waals surface area contributed by atoms with Crippen molar-refractivity contribution in [2.45, 2.75) is 20.4 Å². The maximum absolute atomic E-state index is 13.2. The number of thiazole rings is 1. The zero-order valence-corrected chi connectivity index (χ0v) is 10.8. The van der Waals surface area contributed by atoms with Crippen molar-refractivity contribution >= 4 is 11.3 Å². The highest BCUT2D eigenvalue weighted by Crippen LogP contribution is 2.30. The van der Waals surface area contributed by atoms with Gasteiger partial charge in [-0.05, 0) is 31.2 Å². The first-order valence-corrected chi connectivity index (χ1v) is 6.45. The summed E-state index contributed by atoms with van der Waals surface area (Å²) in [6.07, 6.45) is 0. The van der Waals surface area contributed by atoms with Crippen LogP contribution in [0, 0.1) is 12.7 Å². The fourth-order valence-electron chi connectivity index (χ4n) is 1.66. The third-order valence-corrected chi connectivity index (χ3v) is 3.66. The number of nitrogens with one attached hydrogen (secondary N) is 1. The highest BCUT2D eigenvalue weighted by molar-refractivity contribution is 7.15. The van der Waals surface area contributed by atoms with Crippen molar-refractivity contribution in [1.82, 2.24) is 10.3 Å². The standard InChI is InChI=1S/C13H15FN2S/c1-3-15-8-12-16-9(2)13(17-12)10-5-4-6-11(14)7-10/h4-7,15H,3,8H2,1-2H3. The monoisotopic (exact) mass is 250 g/mol. The van der Waals surface area contributed by atoms with E-state index in [1.54, 1.807) is 23.5 Å². The van der Waals surface area contributed by atoms with Crippen LogP contribution in [0.5, 0.6) is 0 Å². The lowest BCUT2D eigenvalue weighted by Gasteiger charge is -1.98. The number of rotatable bonds is 4. The summed E-state index contributed by atoms with van der Waals surface area (Å²) in [7, 11) is 0. The van der Waals surface area contributed by atoms with E-state index >= 15 is 0 Å². The maximum Gasteiger partial charge on any atom is 0.123 e. The largest absolute Gasteiger partial charge is 0.311 e. The van der Waals surface area contributed by atoms with Gasteiger partial charge in [0.1, 0.15) is 10.8 Å². The van der Waals surface area contributed by atoms with E-state index in [0.29, 0.717) is 0 Å². The molecule has 1 N–H and O–H groups in total. The summed E-state index contributed by atoms with van der Waals surface area (Å²) in [5, 5.41) is 4.29. The molecule has 2 aromatic rings. The van der Waals surface area contributed by atoms with Crippen LogP contribution in [0.3, 0.4) is 0 Å². The van der Waals surface area contributed by atoms with Crippen LogP contribution in [0.25, 0.3) is 10.4 Å². The highest BCUT2D eigenvalue weighted by atomic mass is 32.1. The Bertz CT molecular complexity index is 508. The second kappa shape index (κ2) is 5.38. The Morgan fingerprint density at radius 1 is 1.41 bits per heavy atom. The van der Waals surface area contributed by atoms with Crippen molar-refractivity contribution in [2.24, 2.45) is 0 Å². The molecular weight excluding hydrogens is 235 g/mol. The molecule has 0 unspecified atom stereocenters. The normalized spacial score (nSPS) is 10.8. The van der Waals surface area contributed by atoms with E-state index in [9.17, 15) is 4.39 Å². The summed E-state index contributed by atoms with van der Waals surface area (Å²) in [6.45, 7) is 5.73. The molecule has 1 aromatic carbocycles. The summed E-state index contributed by atoms with van der Waals surface area (Å²) in [5.74, 6) is -0.205. The summed E-state index contributed by atoms with van der Waals surface area (Å²) >= 11 is 1.62. The molecule has 1 heterocycles. The molecule has 0 bridgehead atoms. The van der Waals surface area contributed by atoms with Gasteiger partial charge in [0.25, 0.3) is 0 Å². The van der Waals surface area contributed by atoms with Crippen molar-refractivity contribution in [1.29, 1.82) is 0 Å². The minimum Gasteiger partial charge on any atom is -0.311 e. The van der Waals surface area contributed by atoms with Crippen molar-refractivity contribution in [2.75, 3.05) is 6.54 Å². The molecule has 2 nitrogen and oxygen atoms in total. The molecule has 0 aliphatic heterocycles. The van der Waals surface area contributed by atoms with Gasteiger partial charge in [0.05, 0.1) is 10.6 Å². The topological polar surface area (TPSA) is 24.9 Å². The zero-order valence-electron chi connectivity index (χ0n) is 9.96. The third kappa shape index (κ3) is 2.90. The number of halogens is 1. The van der Waals surface area contributed by atoms with Gasteiger partial charge in [-0.15, -0.1) is 11.3 Å². The molecule has 90 valence electrons. The van der Waals surface area contributed by atoms with Crippen LogP contribution >= 0.6 is 11.3 Å². The summed E-state index contributed by atoms with van der Waals surface area (Å²) in [5.41, 5.74) is 1.87. The van der Waals surface area contributed by atoms with Gasteiger partial charge in [-0.25, -0.2) is 9.37 Å². The molecule has 1 aromatic heterocycles. The van der Waals surface area contributed by atoms with Crippen LogP contribution in [0.2, 0.25) is 0 Å². The molecule has 0 amide bonds. The van der Waals surface area contributed by atoms with Crippen LogP contribution in [-0.2, 0) is 6.54 Å². The lowest BCUT2D eigenvalue weighted by molar-refractivity contribution is 0.628. The van der Waals surface area contributed by atoms with E-state index in [2.05, 4.69) is 17.2 Å². The average Bonchev–Trinajstić information content (AvgIpc) is 2.68. The van der Waals surface area contributed by atoms with Crippen LogP contribution < -0.4 is 5.32 Å². The van der Waals surface area contributed by atoms with Crippen LogP contribution in [-0.4, -0.2) is 11.5 Å². The van der Waals surface area contributed by atoms with E-state index in [-0.39, 0.29) is 5.82 Å². The Morgan fingerprint density at radius 2 is 2.24 bits per heavy atom. The number of nitrogens with zero attached hydrogens (tertiary/aromatic N) is 1. The molecule has 0 aliphatic carbocycles. The van der Waals surface area contributed by atoms with E-state index in [1.165, 1.54) is 6.07 Å². The van der Waals surface area contributed by atoms with Gasteiger partial charge in [0, 0.05) is 6.54 Å². The van der Waals surface area contributed by atoms with Gasteiger partial charge in [0.15, 0.2) is 0 Å². The Hall–Kier alpha value is -1.26.